The maximum Gasteiger partial charge on any atom is 0.243 e. The molecule has 0 bridgehead atoms. The van der Waals surface area contributed by atoms with Gasteiger partial charge in [0.05, 0.1) is 5.69 Å². The van der Waals surface area contributed by atoms with Crippen molar-refractivity contribution in [2.75, 3.05) is 31.1 Å². The highest BCUT2D eigenvalue weighted by Gasteiger charge is 2.28. The quantitative estimate of drug-likeness (QED) is 0.243. The summed E-state index contributed by atoms with van der Waals surface area (Å²) >= 11 is 0. The number of anilines is 1. The van der Waals surface area contributed by atoms with Crippen molar-refractivity contribution >= 4 is 18.0 Å². The Morgan fingerprint density at radius 1 is 0.865 bits per heavy atom. The molecule has 1 N–H and O–H groups in total. The first-order valence-corrected chi connectivity index (χ1v) is 13.7. The van der Waals surface area contributed by atoms with Crippen LogP contribution in [0.15, 0.2) is 84.9 Å². The van der Waals surface area contributed by atoms with Crippen molar-refractivity contribution in [3.63, 3.8) is 0 Å². The largest absolute Gasteiger partial charge is 0.354 e. The van der Waals surface area contributed by atoms with Crippen molar-refractivity contribution in [2.24, 2.45) is 0 Å². The summed E-state index contributed by atoms with van der Waals surface area (Å²) in [7, 11) is 0. The van der Waals surface area contributed by atoms with Crippen molar-refractivity contribution in [1.82, 2.24) is 10.2 Å². The number of aryl methyl sites for hydroxylation is 1. The number of likely N-dealkylation sites (tertiary alicyclic amines) is 1. The van der Waals surface area contributed by atoms with Gasteiger partial charge in [0.25, 0.3) is 0 Å². The third-order valence-corrected chi connectivity index (χ3v) is 7.20. The zero-order valence-electron chi connectivity index (χ0n) is 21.7. The van der Waals surface area contributed by atoms with E-state index in [1.807, 2.05) is 72.8 Å². The third kappa shape index (κ3) is 7.77. The Morgan fingerprint density at radius 2 is 1.54 bits per heavy atom. The first-order chi connectivity index (χ1) is 18.3. The van der Waals surface area contributed by atoms with Crippen LogP contribution in [-0.2, 0) is 16.0 Å². The fourth-order valence-corrected chi connectivity index (χ4v) is 5.21. The van der Waals surface area contributed by atoms with Gasteiger partial charge >= 0.3 is 0 Å². The van der Waals surface area contributed by atoms with Gasteiger partial charge in [0.2, 0.25) is 12.3 Å². The van der Waals surface area contributed by atoms with Gasteiger partial charge in [0.15, 0.2) is 0 Å². The van der Waals surface area contributed by atoms with Crippen LogP contribution in [0.2, 0.25) is 0 Å². The van der Waals surface area contributed by atoms with Gasteiger partial charge in [-0.15, -0.1) is 0 Å². The topological polar surface area (TPSA) is 52.7 Å². The molecular formula is C32H39N3O2. The van der Waals surface area contributed by atoms with Crippen LogP contribution in [0.25, 0.3) is 11.1 Å². The highest BCUT2D eigenvalue weighted by molar-refractivity contribution is 5.95. The number of nitrogens with one attached hydrogen (secondary N) is 1. The second-order valence-corrected chi connectivity index (χ2v) is 9.84. The number of hydrogen-bond acceptors (Lipinski definition) is 3. The Balaban J connectivity index is 1.48. The van der Waals surface area contributed by atoms with Crippen molar-refractivity contribution in [2.45, 2.75) is 51.0 Å². The molecule has 0 saturated carbocycles. The van der Waals surface area contributed by atoms with Crippen LogP contribution in [0, 0.1) is 0 Å². The van der Waals surface area contributed by atoms with E-state index in [9.17, 15) is 9.59 Å². The lowest BCUT2D eigenvalue weighted by molar-refractivity contribution is -0.124. The molecule has 0 aromatic heterocycles. The number of amides is 2. The average molecular weight is 498 g/mol. The maximum absolute atomic E-state index is 13.5. The molecule has 0 radical (unpaired) electrons. The smallest absolute Gasteiger partial charge is 0.243 e. The number of benzene rings is 3. The van der Waals surface area contributed by atoms with Crippen molar-refractivity contribution < 1.29 is 9.59 Å². The zero-order valence-corrected chi connectivity index (χ0v) is 21.7. The lowest BCUT2D eigenvalue weighted by atomic mass is 10.0. The van der Waals surface area contributed by atoms with Crippen LogP contribution in [-0.4, -0.2) is 49.4 Å². The van der Waals surface area contributed by atoms with E-state index in [0.29, 0.717) is 13.0 Å². The molecule has 1 atom stereocenters. The molecule has 1 heterocycles. The Morgan fingerprint density at radius 3 is 2.27 bits per heavy atom. The van der Waals surface area contributed by atoms with Gasteiger partial charge in [-0.1, -0.05) is 85.3 Å². The summed E-state index contributed by atoms with van der Waals surface area (Å²) in [4.78, 5) is 30.2. The predicted octanol–water partition coefficient (Wildman–Crippen LogP) is 5.70. The van der Waals surface area contributed by atoms with E-state index in [4.69, 9.17) is 0 Å². The molecular weight excluding hydrogens is 458 g/mol. The highest BCUT2D eigenvalue weighted by atomic mass is 16.2. The monoisotopic (exact) mass is 497 g/mol. The maximum atomic E-state index is 13.5. The third-order valence-electron chi connectivity index (χ3n) is 7.20. The van der Waals surface area contributed by atoms with Crippen LogP contribution < -0.4 is 10.2 Å². The van der Waals surface area contributed by atoms with Gasteiger partial charge < -0.3 is 15.1 Å². The van der Waals surface area contributed by atoms with Gasteiger partial charge in [0.1, 0.15) is 6.04 Å². The lowest BCUT2D eigenvalue weighted by Crippen LogP contribution is -2.47. The molecule has 4 rings (SSSR count). The number of rotatable bonds is 13. The number of piperidine rings is 1. The van der Waals surface area contributed by atoms with Gasteiger partial charge in [-0.05, 0) is 75.4 Å². The molecule has 1 aliphatic heterocycles. The van der Waals surface area contributed by atoms with E-state index in [0.717, 1.165) is 62.1 Å². The summed E-state index contributed by atoms with van der Waals surface area (Å²) in [6.07, 6.45) is 7.90. The molecule has 5 heteroatoms. The molecule has 37 heavy (non-hydrogen) atoms. The van der Waals surface area contributed by atoms with Crippen molar-refractivity contribution in [3.8, 4) is 11.1 Å². The van der Waals surface area contributed by atoms with E-state index in [-0.39, 0.29) is 5.91 Å². The zero-order chi connectivity index (χ0) is 25.7. The Labute approximate surface area is 221 Å². The molecule has 1 fully saturated rings. The van der Waals surface area contributed by atoms with E-state index in [2.05, 4.69) is 22.3 Å². The number of para-hydroxylation sites is 1. The molecule has 5 nitrogen and oxygen atoms in total. The van der Waals surface area contributed by atoms with E-state index in [1.54, 1.807) is 4.90 Å². The molecule has 1 aliphatic rings. The average Bonchev–Trinajstić information content (AvgIpc) is 2.96. The fourth-order valence-electron chi connectivity index (χ4n) is 5.21. The summed E-state index contributed by atoms with van der Waals surface area (Å²) in [5.41, 5.74) is 4.01. The lowest BCUT2D eigenvalue weighted by Gasteiger charge is -2.31. The number of carbonyl (C=O) groups excluding carboxylic acids is 2. The van der Waals surface area contributed by atoms with Gasteiger partial charge in [-0.25, -0.2) is 0 Å². The minimum atomic E-state index is -0.552. The van der Waals surface area contributed by atoms with Crippen LogP contribution in [0.5, 0.6) is 0 Å². The Hall–Kier alpha value is -3.44. The highest BCUT2D eigenvalue weighted by Crippen LogP contribution is 2.32. The molecule has 0 unspecified atom stereocenters. The molecule has 0 spiro atoms. The van der Waals surface area contributed by atoms with Gasteiger partial charge in [-0.3, -0.25) is 9.59 Å². The summed E-state index contributed by atoms with van der Waals surface area (Å²) in [6, 6.07) is 27.7. The number of hydrogen-bond donors (Lipinski definition) is 1. The molecule has 2 amide bonds. The number of carbonyl (C=O) groups is 2. The van der Waals surface area contributed by atoms with Crippen LogP contribution in [0.3, 0.4) is 0 Å². The van der Waals surface area contributed by atoms with E-state index < -0.39 is 6.04 Å². The van der Waals surface area contributed by atoms with E-state index >= 15 is 0 Å². The summed E-state index contributed by atoms with van der Waals surface area (Å²) < 4.78 is 0. The van der Waals surface area contributed by atoms with Crippen LogP contribution >= 0.6 is 0 Å². The minimum Gasteiger partial charge on any atom is -0.354 e. The number of nitrogens with zero attached hydrogens (tertiary/aromatic N) is 2. The van der Waals surface area contributed by atoms with Gasteiger partial charge in [0, 0.05) is 12.1 Å². The summed E-state index contributed by atoms with van der Waals surface area (Å²) in [5, 5.41) is 3.13. The van der Waals surface area contributed by atoms with Crippen molar-refractivity contribution in [3.05, 3.63) is 90.5 Å². The second kappa shape index (κ2) is 14.3. The van der Waals surface area contributed by atoms with Crippen LogP contribution in [0.1, 0.15) is 44.1 Å². The molecule has 3 aromatic rings. The Bertz CT molecular complexity index is 1100. The fraction of sp³-hybridized carbons (Fsp3) is 0.375. The predicted molar refractivity (Wildman–Crippen MR) is 152 cm³/mol. The normalized spacial score (nSPS) is 14.6. The minimum absolute atomic E-state index is 0.0818. The summed E-state index contributed by atoms with van der Waals surface area (Å²) in [5.74, 6) is -0.0818. The first kappa shape index (κ1) is 26.6. The molecule has 1 saturated heterocycles. The molecule has 0 aliphatic carbocycles. The summed E-state index contributed by atoms with van der Waals surface area (Å²) in [6.45, 7) is 3.81. The molecule has 194 valence electrons. The molecule has 3 aromatic carbocycles. The van der Waals surface area contributed by atoms with Gasteiger partial charge in [-0.2, -0.15) is 0 Å². The second-order valence-electron chi connectivity index (χ2n) is 9.84. The SMILES string of the molecule is O=CN(c1ccccc1-c1ccccc1)[C@@H](CCCN1CCCCC1)C(=O)NCCCc1ccccc1. The Kier molecular flexibility index (Phi) is 10.3. The van der Waals surface area contributed by atoms with E-state index in [1.165, 1.54) is 24.8 Å². The first-order valence-electron chi connectivity index (χ1n) is 13.7. The van der Waals surface area contributed by atoms with Crippen molar-refractivity contribution in [1.29, 1.82) is 0 Å². The standard InChI is InChI=1S/C32H39N3O2/c36-26-35(30-20-9-8-19-29(30)28-17-6-2-7-18-28)31(21-13-25-34-23-10-3-11-24-34)32(37)33-22-12-16-27-14-4-1-5-15-27/h1-2,4-9,14-15,17-20,26,31H,3,10-13,16,21-25H2,(H,33,37)/t31-/m0/s1. The van der Waals surface area contributed by atoms with Crippen LogP contribution in [0.4, 0.5) is 5.69 Å².